The van der Waals surface area contributed by atoms with E-state index < -0.39 is 18.9 Å². The van der Waals surface area contributed by atoms with Crippen LogP contribution in [0.1, 0.15) is 39.5 Å². The zero-order valence-electron chi connectivity index (χ0n) is 12.6. The average molecular weight is 310 g/mol. The lowest BCUT2D eigenvalue weighted by Crippen LogP contribution is -2.44. The Morgan fingerprint density at radius 1 is 1.38 bits per heavy atom. The van der Waals surface area contributed by atoms with E-state index in [2.05, 4.69) is 10.6 Å². The van der Waals surface area contributed by atoms with Gasteiger partial charge in [0.1, 0.15) is 6.61 Å². The molecule has 1 saturated carbocycles. The zero-order valence-corrected chi connectivity index (χ0v) is 12.6. The maximum absolute atomic E-state index is 12.1. The summed E-state index contributed by atoms with van der Waals surface area (Å²) in [6.07, 6.45) is -2.07. The van der Waals surface area contributed by atoms with Crippen LogP contribution in [0.3, 0.4) is 0 Å². The molecule has 0 saturated heterocycles. The Morgan fingerprint density at radius 2 is 2.10 bits per heavy atom. The Hall–Kier alpha value is -0.820. The molecular weight excluding hydrogens is 285 g/mol. The Bertz CT molecular complexity index is 324. The van der Waals surface area contributed by atoms with Crippen molar-refractivity contribution < 1.29 is 22.7 Å². The molecule has 1 aliphatic carbocycles. The van der Waals surface area contributed by atoms with Gasteiger partial charge >= 0.3 is 6.18 Å². The molecule has 2 N–H and O–H groups in total. The molecule has 0 radical (unpaired) electrons. The maximum Gasteiger partial charge on any atom is 0.411 e. The summed E-state index contributed by atoms with van der Waals surface area (Å²) in [6, 6.07) is -0.0893. The standard InChI is InChI=1S/C14H25F3N2O2/c1-3-18-8-10(2)13(20)19-11-5-4-6-12(7-11)21-9-14(15,16)17/h10-12,18H,3-9H2,1-2H3,(H,19,20). The molecule has 1 amide bonds. The maximum atomic E-state index is 12.1. The van der Waals surface area contributed by atoms with Crippen molar-refractivity contribution in [3.05, 3.63) is 0 Å². The zero-order chi connectivity index (χ0) is 15.9. The molecule has 1 rings (SSSR count). The van der Waals surface area contributed by atoms with Crippen molar-refractivity contribution in [2.24, 2.45) is 5.92 Å². The summed E-state index contributed by atoms with van der Waals surface area (Å²) in [5.74, 6) is -0.209. The van der Waals surface area contributed by atoms with Crippen LogP contribution in [0.5, 0.6) is 0 Å². The Morgan fingerprint density at radius 3 is 2.71 bits per heavy atom. The number of rotatable bonds is 7. The van der Waals surface area contributed by atoms with Gasteiger partial charge in [-0.15, -0.1) is 0 Å². The van der Waals surface area contributed by atoms with Crippen molar-refractivity contribution in [3.63, 3.8) is 0 Å². The highest BCUT2D eigenvalue weighted by Gasteiger charge is 2.31. The van der Waals surface area contributed by atoms with Crippen molar-refractivity contribution in [1.82, 2.24) is 10.6 Å². The van der Waals surface area contributed by atoms with E-state index in [4.69, 9.17) is 4.74 Å². The molecule has 0 aliphatic heterocycles. The van der Waals surface area contributed by atoms with Gasteiger partial charge in [0.15, 0.2) is 0 Å². The van der Waals surface area contributed by atoms with Crippen LogP contribution in [0.25, 0.3) is 0 Å². The van der Waals surface area contributed by atoms with Gasteiger partial charge in [0.25, 0.3) is 0 Å². The molecule has 0 heterocycles. The summed E-state index contributed by atoms with van der Waals surface area (Å²) in [5.41, 5.74) is 0. The van der Waals surface area contributed by atoms with Gasteiger partial charge in [0, 0.05) is 18.5 Å². The number of carbonyl (C=O) groups is 1. The lowest BCUT2D eigenvalue weighted by molar-refractivity contribution is -0.188. The van der Waals surface area contributed by atoms with E-state index in [0.29, 0.717) is 19.4 Å². The van der Waals surface area contributed by atoms with Gasteiger partial charge in [0.2, 0.25) is 5.91 Å². The Labute approximate surface area is 123 Å². The molecule has 1 fully saturated rings. The summed E-state index contributed by atoms with van der Waals surface area (Å²) in [6.45, 7) is 3.99. The van der Waals surface area contributed by atoms with E-state index in [0.717, 1.165) is 19.4 Å². The second kappa shape index (κ2) is 8.58. The monoisotopic (exact) mass is 310 g/mol. The van der Waals surface area contributed by atoms with E-state index in [-0.39, 0.29) is 17.9 Å². The van der Waals surface area contributed by atoms with Crippen molar-refractivity contribution in [2.75, 3.05) is 19.7 Å². The largest absolute Gasteiger partial charge is 0.411 e. The highest BCUT2D eigenvalue weighted by molar-refractivity contribution is 5.78. The van der Waals surface area contributed by atoms with Crippen LogP contribution in [0, 0.1) is 5.92 Å². The van der Waals surface area contributed by atoms with Crippen LogP contribution in [0.4, 0.5) is 13.2 Å². The van der Waals surface area contributed by atoms with Crippen molar-refractivity contribution in [2.45, 2.75) is 57.9 Å². The fraction of sp³-hybridized carbons (Fsp3) is 0.929. The molecular formula is C14H25F3N2O2. The van der Waals surface area contributed by atoms with Gasteiger partial charge < -0.3 is 15.4 Å². The number of halogens is 3. The number of hydrogen-bond acceptors (Lipinski definition) is 3. The van der Waals surface area contributed by atoms with Gasteiger partial charge in [-0.05, 0) is 32.2 Å². The predicted molar refractivity (Wildman–Crippen MR) is 73.9 cm³/mol. The first kappa shape index (κ1) is 18.2. The summed E-state index contributed by atoms with van der Waals surface area (Å²) >= 11 is 0. The highest BCUT2D eigenvalue weighted by Crippen LogP contribution is 2.24. The summed E-state index contributed by atoms with van der Waals surface area (Å²) in [7, 11) is 0. The quantitative estimate of drug-likeness (QED) is 0.758. The van der Waals surface area contributed by atoms with Crippen molar-refractivity contribution >= 4 is 5.91 Å². The smallest absolute Gasteiger partial charge is 0.369 e. The predicted octanol–water partition coefficient (Wildman–Crippen LogP) is 2.24. The molecule has 7 heteroatoms. The van der Waals surface area contributed by atoms with Gasteiger partial charge in [-0.3, -0.25) is 4.79 Å². The molecule has 0 aromatic heterocycles. The molecule has 3 unspecified atom stereocenters. The number of ether oxygens (including phenoxy) is 1. The van der Waals surface area contributed by atoms with Crippen LogP contribution in [-0.2, 0) is 9.53 Å². The normalized spacial score (nSPS) is 24.6. The third-order valence-corrected chi connectivity index (χ3v) is 3.60. The first-order valence-corrected chi connectivity index (χ1v) is 7.51. The van der Waals surface area contributed by atoms with E-state index in [1.807, 2.05) is 13.8 Å². The van der Waals surface area contributed by atoms with Crippen LogP contribution in [0.15, 0.2) is 0 Å². The Kier molecular flexibility index (Phi) is 7.45. The fourth-order valence-electron chi connectivity index (χ4n) is 2.44. The van der Waals surface area contributed by atoms with Crippen LogP contribution in [0.2, 0.25) is 0 Å². The summed E-state index contributed by atoms with van der Waals surface area (Å²) < 4.78 is 41.3. The van der Waals surface area contributed by atoms with Gasteiger partial charge in [0.05, 0.1) is 6.10 Å². The number of carbonyl (C=O) groups excluding carboxylic acids is 1. The average Bonchev–Trinajstić information content (AvgIpc) is 2.42. The van der Waals surface area contributed by atoms with Crippen LogP contribution < -0.4 is 10.6 Å². The lowest BCUT2D eigenvalue weighted by Gasteiger charge is -2.30. The molecule has 3 atom stereocenters. The third-order valence-electron chi connectivity index (χ3n) is 3.60. The van der Waals surface area contributed by atoms with Crippen molar-refractivity contribution in [1.29, 1.82) is 0 Å². The fourth-order valence-corrected chi connectivity index (χ4v) is 2.44. The first-order valence-electron chi connectivity index (χ1n) is 7.51. The Balaban J connectivity index is 2.33. The molecule has 4 nitrogen and oxygen atoms in total. The third kappa shape index (κ3) is 7.66. The SMILES string of the molecule is CCNCC(C)C(=O)NC1CCCC(OCC(F)(F)F)C1. The van der Waals surface area contributed by atoms with Gasteiger partial charge in [-0.2, -0.15) is 13.2 Å². The van der Waals surface area contributed by atoms with Crippen LogP contribution >= 0.6 is 0 Å². The van der Waals surface area contributed by atoms with Crippen molar-refractivity contribution in [3.8, 4) is 0 Å². The second-order valence-corrected chi connectivity index (χ2v) is 5.63. The molecule has 0 aromatic rings. The highest BCUT2D eigenvalue weighted by atomic mass is 19.4. The van der Waals surface area contributed by atoms with E-state index in [1.54, 1.807) is 0 Å². The summed E-state index contributed by atoms with van der Waals surface area (Å²) in [4.78, 5) is 12.0. The number of hydrogen-bond donors (Lipinski definition) is 2. The molecule has 124 valence electrons. The number of amides is 1. The summed E-state index contributed by atoms with van der Waals surface area (Å²) in [5, 5.41) is 6.02. The second-order valence-electron chi connectivity index (χ2n) is 5.63. The van der Waals surface area contributed by atoms with E-state index in [9.17, 15) is 18.0 Å². The number of alkyl halides is 3. The molecule has 1 aliphatic rings. The molecule has 0 spiro atoms. The first-order chi connectivity index (χ1) is 9.81. The number of nitrogens with one attached hydrogen (secondary N) is 2. The van der Waals surface area contributed by atoms with Crippen LogP contribution in [-0.4, -0.2) is 43.9 Å². The molecule has 21 heavy (non-hydrogen) atoms. The molecule has 0 bridgehead atoms. The lowest BCUT2D eigenvalue weighted by atomic mass is 9.92. The van der Waals surface area contributed by atoms with Gasteiger partial charge in [-0.25, -0.2) is 0 Å². The minimum absolute atomic E-state index is 0.0579. The minimum Gasteiger partial charge on any atom is -0.369 e. The minimum atomic E-state index is -4.30. The molecule has 0 aromatic carbocycles. The van der Waals surface area contributed by atoms with E-state index in [1.165, 1.54) is 0 Å². The topological polar surface area (TPSA) is 50.4 Å². The van der Waals surface area contributed by atoms with E-state index >= 15 is 0 Å². The van der Waals surface area contributed by atoms with Gasteiger partial charge in [-0.1, -0.05) is 13.8 Å².